The molecule has 550 valence electrons. The van der Waals surface area contributed by atoms with Crippen LogP contribution in [0.25, 0.3) is 0 Å². The zero-order chi connectivity index (χ0) is 74.5. The minimum atomic E-state index is -1.68. The molecule has 0 aliphatic carbocycles. The highest BCUT2D eigenvalue weighted by molar-refractivity contribution is 6.02. The average Bonchev–Trinajstić information content (AvgIpc) is 0.806. The van der Waals surface area contributed by atoms with E-state index in [0.717, 1.165) is 14.7 Å². The van der Waals surface area contributed by atoms with E-state index >= 15 is 19.2 Å². The fourth-order valence-electron chi connectivity index (χ4n) is 11.8. The maximum atomic E-state index is 15.4. The molecule has 0 unspecified atom stereocenters. The molecule has 26 nitrogen and oxygen atoms in total. The molecule has 0 aromatic heterocycles. The highest BCUT2D eigenvalue weighted by Gasteiger charge is 2.46. The van der Waals surface area contributed by atoms with Crippen molar-refractivity contribution in [3.8, 4) is 0 Å². The molecule has 96 heavy (non-hydrogen) atoms. The molecule has 0 spiro atoms. The third-order valence-electron chi connectivity index (χ3n) is 17.7. The Labute approximate surface area is 574 Å². The van der Waals surface area contributed by atoms with Crippen LogP contribution in [0.5, 0.6) is 0 Å². The monoisotopic (exact) mass is 1360 g/mol. The van der Waals surface area contributed by atoms with E-state index in [1.807, 2.05) is 55.4 Å². The molecule has 1 heterocycles. The summed E-state index contributed by atoms with van der Waals surface area (Å²) >= 11 is 0. The van der Waals surface area contributed by atoms with E-state index < -0.39 is 161 Å². The zero-order valence-corrected chi connectivity index (χ0v) is 63.3. The van der Waals surface area contributed by atoms with Gasteiger partial charge in [0.05, 0.1) is 6.10 Å². The van der Waals surface area contributed by atoms with Gasteiger partial charge in [-0.05, 0) is 121 Å². The Bertz CT molecular complexity index is 2660. The van der Waals surface area contributed by atoms with Crippen LogP contribution in [-0.2, 0) is 57.5 Å². The van der Waals surface area contributed by atoms with Crippen LogP contribution in [0.4, 0.5) is 4.79 Å². The minimum Gasteiger partial charge on any atom is -0.444 e. The first kappa shape index (κ1) is 87.2. The largest absolute Gasteiger partial charge is 0.444 e. The van der Waals surface area contributed by atoms with Crippen molar-refractivity contribution in [1.82, 2.24) is 60.9 Å². The maximum Gasteiger partial charge on any atom is 0.407 e. The van der Waals surface area contributed by atoms with Gasteiger partial charge in [-0.2, -0.15) is 0 Å². The van der Waals surface area contributed by atoms with Crippen molar-refractivity contribution in [2.75, 3.05) is 55.9 Å². The van der Waals surface area contributed by atoms with Crippen LogP contribution in [0.3, 0.4) is 0 Å². The molecule has 1 aliphatic rings. The Morgan fingerprint density at radius 3 is 1.40 bits per heavy atom. The number of hydrogen-bond donors (Lipinski definition) is 6. The van der Waals surface area contributed by atoms with Crippen LogP contribution >= 0.6 is 0 Å². The Morgan fingerprint density at radius 2 is 0.927 bits per heavy atom. The lowest BCUT2D eigenvalue weighted by atomic mass is 9.90. The van der Waals surface area contributed by atoms with Gasteiger partial charge in [0.1, 0.15) is 71.7 Å². The fourth-order valence-corrected chi connectivity index (χ4v) is 11.8. The van der Waals surface area contributed by atoms with Gasteiger partial charge in [-0.3, -0.25) is 52.7 Å². The fraction of sp³-hybridized carbons (Fsp3) is 0.800. The Morgan fingerprint density at radius 1 is 0.500 bits per heavy atom. The number of carbonyl (C=O) groups excluding carboxylic acids is 12. The van der Waals surface area contributed by atoms with Crippen molar-refractivity contribution >= 4 is 71.1 Å². The molecule has 0 bridgehead atoms. The summed E-state index contributed by atoms with van der Waals surface area (Å²) in [6, 6.07) is -12.8. The molecule has 12 atom stereocenters. The molecule has 6 N–H and O–H groups in total. The highest BCUT2D eigenvalue weighted by atomic mass is 16.6. The second-order valence-corrected chi connectivity index (χ2v) is 30.0. The topological polar surface area (TPSA) is 317 Å². The first-order valence-electron chi connectivity index (χ1n) is 34.6. The summed E-state index contributed by atoms with van der Waals surface area (Å²) in [6.45, 7) is 37.6. The molecule has 0 aromatic carbocycles. The SMILES string of the molecule is C=C1C(=O)N(C)[C@@H](CC(C)C)C(=O)N[C@@H](C(C)C)C(=O)N(C)[C@@H](CC(C)C)C(=O)N[C@@H](C)C(=O)N[C@H](C)C(=O)N(C)[C@@H](CC(C)C)C(=O)N(C)[C@@H](CC(C)C)C(=O)N(C)[C@@H](C(C)C)C(=O)N(C)[C@@H]([C@H](O)[C@H](C)CCCCCCNC(=O)OC(C)(C)C)C(=O)N[C@@H](CC)C(=O)N1C. The molecule has 12 amide bonds. The predicted octanol–water partition coefficient (Wildman–Crippen LogP) is 5.29. The van der Waals surface area contributed by atoms with E-state index in [1.165, 1.54) is 82.8 Å². The van der Waals surface area contributed by atoms with Gasteiger partial charge in [0.25, 0.3) is 5.91 Å². The molecule has 1 saturated heterocycles. The van der Waals surface area contributed by atoms with Crippen LogP contribution in [0.2, 0.25) is 0 Å². The van der Waals surface area contributed by atoms with E-state index in [4.69, 9.17) is 4.74 Å². The van der Waals surface area contributed by atoms with Gasteiger partial charge in [0.15, 0.2) is 0 Å². The Kier molecular flexibility index (Phi) is 35.9. The van der Waals surface area contributed by atoms with E-state index in [0.29, 0.717) is 38.6 Å². The van der Waals surface area contributed by atoms with Crippen LogP contribution in [0.15, 0.2) is 12.3 Å². The van der Waals surface area contributed by atoms with Gasteiger partial charge in [-0.25, -0.2) is 4.79 Å². The van der Waals surface area contributed by atoms with Crippen LogP contribution in [0.1, 0.15) is 196 Å². The number of nitrogens with zero attached hydrogens (tertiary/aromatic N) is 7. The highest BCUT2D eigenvalue weighted by Crippen LogP contribution is 2.27. The molecule has 1 rings (SSSR count). The van der Waals surface area contributed by atoms with E-state index in [2.05, 4.69) is 33.2 Å². The summed E-state index contributed by atoms with van der Waals surface area (Å²) in [4.78, 5) is 183. The molecule has 0 aromatic rings. The number of nitrogens with one attached hydrogen (secondary N) is 5. The summed E-state index contributed by atoms with van der Waals surface area (Å²) in [6.07, 6.45) is 1.36. The number of rotatable bonds is 20. The second kappa shape index (κ2) is 39.5. The average molecular weight is 1360 g/mol. The predicted molar refractivity (Wildman–Crippen MR) is 371 cm³/mol. The number of hydrogen-bond acceptors (Lipinski definition) is 14. The van der Waals surface area contributed by atoms with Gasteiger partial charge < -0.3 is 70.7 Å². The molecular weight excluding hydrogens is 1230 g/mol. The van der Waals surface area contributed by atoms with E-state index in [-0.39, 0.29) is 61.5 Å². The standard InChI is InChI=1S/C70H126N12O14/c1-28-49-64(90)76(21)48(17)63(89)77(22)51(36-40(4)5)60(86)75-54(43(10)11)67(93)78(23)50(35-39(2)3)59(85)72-46(15)58(84)73-47(16)62(88)79(24)52(37-41(6)7)65(91)80(25)53(38-42(8)9)66(92)81(26)55(44(12)13)68(94)82(27)56(61(87)74-49)57(83)45(14)33-31-29-30-32-34-71-69(95)96-70(18,19)20/h39-47,49-57,83H,17,28-38H2,1-16,18-27H3,(H,71,95)(H,72,85)(H,73,84)(H,74,87)(H,75,86)/t45-,46+,47-,49+,50+,51+,52+,53+,54+,55+,56+,57-/m1/s1. The van der Waals surface area contributed by atoms with Crippen molar-refractivity contribution < 1.29 is 67.4 Å². The smallest absolute Gasteiger partial charge is 0.407 e. The van der Waals surface area contributed by atoms with Crippen LogP contribution < -0.4 is 26.6 Å². The molecule has 0 saturated carbocycles. The third kappa shape index (κ3) is 25.9. The number of likely N-dealkylation sites (N-methyl/N-ethyl adjacent to an activating group) is 7. The summed E-state index contributed by atoms with van der Waals surface area (Å²) in [5.74, 6) is -10.5. The number of unbranched alkanes of at least 4 members (excludes halogenated alkanes) is 3. The summed E-state index contributed by atoms with van der Waals surface area (Å²) < 4.78 is 5.33. The van der Waals surface area contributed by atoms with Crippen molar-refractivity contribution in [1.29, 1.82) is 0 Å². The number of carbonyl (C=O) groups is 12. The van der Waals surface area contributed by atoms with Crippen molar-refractivity contribution in [3.63, 3.8) is 0 Å². The first-order chi connectivity index (χ1) is 44.2. The maximum absolute atomic E-state index is 15.4. The molecule has 0 radical (unpaired) electrons. The lowest BCUT2D eigenvalue weighted by Crippen LogP contribution is -2.63. The number of alkyl carbamates (subject to hydrolysis) is 1. The van der Waals surface area contributed by atoms with Gasteiger partial charge in [0.2, 0.25) is 59.1 Å². The van der Waals surface area contributed by atoms with Crippen molar-refractivity contribution in [2.24, 2.45) is 41.4 Å². The van der Waals surface area contributed by atoms with Crippen molar-refractivity contribution in [2.45, 2.75) is 268 Å². The Balaban J connectivity index is 4.32. The van der Waals surface area contributed by atoms with Crippen LogP contribution in [-0.4, -0.2) is 238 Å². The molecule has 1 fully saturated rings. The summed E-state index contributed by atoms with van der Waals surface area (Å²) in [5.41, 5.74) is -1.03. The lowest BCUT2D eigenvalue weighted by Gasteiger charge is -2.41. The third-order valence-corrected chi connectivity index (χ3v) is 17.7. The summed E-state index contributed by atoms with van der Waals surface area (Å²) in [5, 5.41) is 26.2. The number of ether oxygens (including phenoxy) is 1. The zero-order valence-electron chi connectivity index (χ0n) is 63.3. The molecule has 1 aliphatic heterocycles. The minimum absolute atomic E-state index is 0.0491. The van der Waals surface area contributed by atoms with Gasteiger partial charge in [-0.15, -0.1) is 0 Å². The number of aliphatic hydroxyl groups excluding tert-OH is 1. The van der Waals surface area contributed by atoms with Gasteiger partial charge >= 0.3 is 6.09 Å². The van der Waals surface area contributed by atoms with Gasteiger partial charge in [-0.1, -0.05) is 123 Å². The normalized spacial score (nSPS) is 25.2. The Hall–Kier alpha value is -6.86. The molecular formula is C70H126N12O14. The van der Waals surface area contributed by atoms with Crippen molar-refractivity contribution in [3.05, 3.63) is 12.3 Å². The number of amides is 12. The first-order valence-corrected chi connectivity index (χ1v) is 34.6. The lowest BCUT2D eigenvalue weighted by molar-refractivity contribution is -0.157. The van der Waals surface area contributed by atoms with E-state index in [1.54, 1.807) is 62.3 Å². The number of aliphatic hydroxyl groups is 1. The quantitative estimate of drug-likeness (QED) is 0.0667. The van der Waals surface area contributed by atoms with E-state index in [9.17, 15) is 43.5 Å². The second-order valence-electron chi connectivity index (χ2n) is 30.0. The van der Waals surface area contributed by atoms with Crippen LogP contribution in [0, 0.1) is 41.4 Å². The van der Waals surface area contributed by atoms with Gasteiger partial charge in [0, 0.05) is 55.9 Å². The summed E-state index contributed by atoms with van der Waals surface area (Å²) in [7, 11) is 9.73. The molecule has 26 heteroatoms.